The zero-order chi connectivity index (χ0) is 26.7. The number of carbonyl (C=O) groups excluding carboxylic acids is 1. The summed E-state index contributed by atoms with van der Waals surface area (Å²) in [6.07, 6.45) is 3.98. The molecule has 5 rings (SSSR count). The quantitative estimate of drug-likeness (QED) is 0.444. The van der Waals surface area contributed by atoms with Crippen LogP contribution in [-0.2, 0) is 29.0 Å². The van der Waals surface area contributed by atoms with Crippen molar-refractivity contribution in [1.82, 2.24) is 9.88 Å². The molecule has 0 bridgehead atoms. The summed E-state index contributed by atoms with van der Waals surface area (Å²) in [4.78, 5) is 32.4. The molecule has 1 amide bonds. The van der Waals surface area contributed by atoms with Gasteiger partial charge in [-0.05, 0) is 53.4 Å². The van der Waals surface area contributed by atoms with Crippen LogP contribution in [0, 0.1) is 0 Å². The summed E-state index contributed by atoms with van der Waals surface area (Å²) in [7, 11) is 1.71. The van der Waals surface area contributed by atoms with Gasteiger partial charge in [-0.2, -0.15) is 0 Å². The Bertz CT molecular complexity index is 1300. The lowest BCUT2D eigenvalue weighted by molar-refractivity contribution is -0.000988. The van der Waals surface area contributed by atoms with Gasteiger partial charge in [-0.15, -0.1) is 0 Å². The van der Waals surface area contributed by atoms with E-state index < -0.39 is 11.6 Å². The third kappa shape index (κ3) is 5.42. The summed E-state index contributed by atoms with van der Waals surface area (Å²) in [6.45, 7) is 5.56. The average Bonchev–Trinajstić information content (AvgIpc) is 3.26. The second kappa shape index (κ2) is 10.9. The fourth-order valence-electron chi connectivity index (χ4n) is 5.34. The zero-order valence-electron chi connectivity index (χ0n) is 21.9. The Kier molecular flexibility index (Phi) is 7.44. The molecule has 2 aromatic carbocycles. The lowest BCUT2D eigenvalue weighted by atomic mass is 9.90. The number of pyridine rings is 1. The molecule has 3 heterocycles. The van der Waals surface area contributed by atoms with Gasteiger partial charge in [0.05, 0.1) is 18.7 Å². The molecule has 0 atom stereocenters. The van der Waals surface area contributed by atoms with Gasteiger partial charge in [0.25, 0.3) is 0 Å². The van der Waals surface area contributed by atoms with Gasteiger partial charge in [0.1, 0.15) is 5.60 Å². The van der Waals surface area contributed by atoms with Crippen molar-refractivity contribution < 1.29 is 24.2 Å². The number of rotatable bonds is 8. The molecular formula is C30H33N3O5. The predicted octanol–water partition coefficient (Wildman–Crippen LogP) is 5.15. The molecule has 2 saturated heterocycles. The molecule has 1 spiro atoms. The molecule has 0 aliphatic carbocycles. The van der Waals surface area contributed by atoms with Crippen molar-refractivity contribution in [3.05, 3.63) is 83.2 Å². The van der Waals surface area contributed by atoms with Crippen molar-refractivity contribution in [2.45, 2.75) is 44.9 Å². The Balaban J connectivity index is 1.23. The van der Waals surface area contributed by atoms with Crippen molar-refractivity contribution in [3.8, 4) is 11.1 Å². The van der Waals surface area contributed by atoms with E-state index in [9.17, 15) is 9.59 Å². The van der Waals surface area contributed by atoms with Gasteiger partial charge < -0.3 is 14.6 Å². The number of carbonyl (C=O) groups is 2. The maximum atomic E-state index is 12.7. The number of carboxylic acid groups (broad SMARTS) is 1. The van der Waals surface area contributed by atoms with E-state index in [4.69, 9.17) is 14.6 Å². The Labute approximate surface area is 222 Å². The minimum absolute atomic E-state index is 0.192. The van der Waals surface area contributed by atoms with Gasteiger partial charge in [0.2, 0.25) is 0 Å². The SMILES string of the molecule is CCc1ccc(-c2ccc(CN3CCC4(CC3)CN(c3ccc(C(=O)O)cc3)C(=O)O4)cc2COC)cn1. The van der Waals surface area contributed by atoms with Crippen LogP contribution < -0.4 is 4.90 Å². The summed E-state index contributed by atoms with van der Waals surface area (Å²) >= 11 is 0. The second-order valence-corrected chi connectivity index (χ2v) is 10.1. The van der Waals surface area contributed by atoms with Gasteiger partial charge in [-0.3, -0.25) is 14.8 Å². The highest BCUT2D eigenvalue weighted by Crippen LogP contribution is 2.36. The van der Waals surface area contributed by atoms with Crippen LogP contribution in [0.15, 0.2) is 60.8 Å². The van der Waals surface area contributed by atoms with Crippen molar-refractivity contribution in [2.24, 2.45) is 0 Å². The Hall–Kier alpha value is -3.75. The number of hydrogen-bond acceptors (Lipinski definition) is 6. The smallest absolute Gasteiger partial charge is 0.415 e. The van der Waals surface area contributed by atoms with Gasteiger partial charge >= 0.3 is 12.1 Å². The van der Waals surface area contributed by atoms with Gasteiger partial charge in [-0.1, -0.05) is 31.2 Å². The van der Waals surface area contributed by atoms with Crippen LogP contribution in [0.4, 0.5) is 10.5 Å². The highest BCUT2D eigenvalue weighted by molar-refractivity contribution is 5.92. The maximum absolute atomic E-state index is 12.7. The molecule has 2 aliphatic rings. The molecule has 2 aliphatic heterocycles. The largest absolute Gasteiger partial charge is 0.478 e. The number of piperidine rings is 1. The molecule has 2 fully saturated rings. The van der Waals surface area contributed by atoms with E-state index in [1.165, 1.54) is 17.7 Å². The van der Waals surface area contributed by atoms with Crippen molar-refractivity contribution >= 4 is 17.7 Å². The molecule has 1 N–H and O–H groups in total. The predicted molar refractivity (Wildman–Crippen MR) is 144 cm³/mol. The number of nitrogens with zero attached hydrogens (tertiary/aromatic N) is 3. The number of methoxy groups -OCH3 is 1. The minimum Gasteiger partial charge on any atom is -0.478 e. The molecule has 8 nitrogen and oxygen atoms in total. The van der Waals surface area contributed by atoms with Crippen LogP contribution in [0.2, 0.25) is 0 Å². The van der Waals surface area contributed by atoms with E-state index in [1.807, 2.05) is 6.20 Å². The third-order valence-corrected chi connectivity index (χ3v) is 7.54. The number of carboxylic acids is 1. The van der Waals surface area contributed by atoms with Crippen molar-refractivity contribution in [1.29, 1.82) is 0 Å². The average molecular weight is 516 g/mol. The summed E-state index contributed by atoms with van der Waals surface area (Å²) in [5, 5.41) is 9.13. The number of aromatic carboxylic acids is 1. The summed E-state index contributed by atoms with van der Waals surface area (Å²) in [5.41, 5.74) is 6.00. The zero-order valence-corrected chi connectivity index (χ0v) is 21.9. The van der Waals surface area contributed by atoms with E-state index in [0.29, 0.717) is 18.8 Å². The van der Waals surface area contributed by atoms with Crippen molar-refractivity contribution in [2.75, 3.05) is 31.6 Å². The van der Waals surface area contributed by atoms with Crippen LogP contribution in [-0.4, -0.2) is 59.4 Å². The van der Waals surface area contributed by atoms with Gasteiger partial charge in [-0.25, -0.2) is 9.59 Å². The van der Waals surface area contributed by atoms with E-state index in [2.05, 4.69) is 47.1 Å². The summed E-state index contributed by atoms with van der Waals surface area (Å²) in [5.74, 6) is -0.990. The molecule has 198 valence electrons. The first-order chi connectivity index (χ1) is 18.4. The molecule has 0 saturated carbocycles. The van der Waals surface area contributed by atoms with Gasteiger partial charge in [0.15, 0.2) is 0 Å². The highest BCUT2D eigenvalue weighted by atomic mass is 16.6. The lowest BCUT2D eigenvalue weighted by Gasteiger charge is -2.37. The topological polar surface area (TPSA) is 92.2 Å². The van der Waals surface area contributed by atoms with Crippen molar-refractivity contribution in [3.63, 3.8) is 0 Å². The summed E-state index contributed by atoms with van der Waals surface area (Å²) < 4.78 is 11.4. The molecule has 1 aromatic heterocycles. The number of amides is 1. The summed E-state index contributed by atoms with van der Waals surface area (Å²) in [6, 6.07) is 17.1. The van der Waals surface area contributed by atoms with E-state index in [0.717, 1.165) is 61.3 Å². The lowest BCUT2D eigenvalue weighted by Crippen LogP contribution is -2.46. The fourth-order valence-corrected chi connectivity index (χ4v) is 5.34. The number of aryl methyl sites for hydroxylation is 1. The monoisotopic (exact) mass is 515 g/mol. The van der Waals surface area contributed by atoms with Crippen LogP contribution in [0.5, 0.6) is 0 Å². The number of aromatic nitrogens is 1. The first-order valence-corrected chi connectivity index (χ1v) is 13.0. The van der Waals surface area contributed by atoms with Gasteiger partial charge in [0, 0.05) is 62.7 Å². The third-order valence-electron chi connectivity index (χ3n) is 7.54. The first kappa shape index (κ1) is 25.9. The molecule has 38 heavy (non-hydrogen) atoms. The molecule has 3 aromatic rings. The second-order valence-electron chi connectivity index (χ2n) is 10.1. The first-order valence-electron chi connectivity index (χ1n) is 13.0. The molecule has 8 heteroatoms. The van der Waals surface area contributed by atoms with Crippen LogP contribution >= 0.6 is 0 Å². The standard InChI is InChI=1S/C30H33N3O5/c1-3-25-8-5-23(17-31-25)27-11-4-21(16-24(27)19-37-2)18-32-14-12-30(13-15-32)20-33(29(36)38-30)26-9-6-22(7-10-26)28(34)35/h4-11,16-17H,3,12-15,18-20H2,1-2H3,(H,34,35). The molecular weight excluding hydrogens is 482 g/mol. The molecule has 0 radical (unpaired) electrons. The number of hydrogen-bond donors (Lipinski definition) is 1. The normalized spacial score (nSPS) is 17.1. The van der Waals surface area contributed by atoms with E-state index in [1.54, 1.807) is 24.1 Å². The fraction of sp³-hybridized carbons (Fsp3) is 0.367. The number of benzene rings is 2. The number of anilines is 1. The van der Waals surface area contributed by atoms with E-state index in [-0.39, 0.29) is 11.7 Å². The number of likely N-dealkylation sites (tertiary alicyclic amines) is 1. The van der Waals surface area contributed by atoms with Crippen LogP contribution in [0.3, 0.4) is 0 Å². The Morgan fingerprint density at radius 2 is 1.87 bits per heavy atom. The minimum atomic E-state index is -0.990. The van der Waals surface area contributed by atoms with Crippen LogP contribution in [0.1, 0.15) is 46.9 Å². The highest BCUT2D eigenvalue weighted by Gasteiger charge is 2.47. The van der Waals surface area contributed by atoms with Crippen LogP contribution in [0.25, 0.3) is 11.1 Å². The van der Waals surface area contributed by atoms with E-state index >= 15 is 0 Å². The Morgan fingerprint density at radius 1 is 1.11 bits per heavy atom. The number of ether oxygens (including phenoxy) is 2. The molecule has 0 unspecified atom stereocenters. The Morgan fingerprint density at radius 3 is 2.50 bits per heavy atom. The maximum Gasteiger partial charge on any atom is 0.415 e.